The molecule has 2 rings (SSSR count). The molecule has 1 fully saturated rings. The lowest BCUT2D eigenvalue weighted by atomic mass is 10.2. The number of hydrogen-bond donors (Lipinski definition) is 1. The molecule has 1 aliphatic heterocycles. The summed E-state index contributed by atoms with van der Waals surface area (Å²) in [6, 6.07) is 7.85. The summed E-state index contributed by atoms with van der Waals surface area (Å²) in [5.74, 6) is 0. The van der Waals surface area contributed by atoms with Crippen molar-refractivity contribution in [1.29, 1.82) is 5.26 Å². The van der Waals surface area contributed by atoms with Gasteiger partial charge < -0.3 is 10.1 Å². The molecule has 102 valence electrons. The summed E-state index contributed by atoms with van der Waals surface area (Å²) in [4.78, 5) is 2.42. The Morgan fingerprint density at radius 1 is 1.32 bits per heavy atom. The van der Waals surface area contributed by atoms with Crippen LogP contribution >= 0.6 is 15.9 Å². The fourth-order valence-electron chi connectivity index (χ4n) is 2.12. The van der Waals surface area contributed by atoms with Crippen molar-refractivity contribution in [1.82, 2.24) is 4.90 Å². The monoisotopic (exact) mass is 323 g/mol. The highest BCUT2D eigenvalue weighted by molar-refractivity contribution is 9.10. The Kier molecular flexibility index (Phi) is 5.64. The minimum Gasteiger partial charge on any atom is -0.385 e. The van der Waals surface area contributed by atoms with Gasteiger partial charge in [0.1, 0.15) is 0 Å². The minimum absolute atomic E-state index is 0.671. The zero-order valence-corrected chi connectivity index (χ0v) is 12.4. The van der Waals surface area contributed by atoms with Crippen molar-refractivity contribution >= 4 is 21.6 Å². The van der Waals surface area contributed by atoms with E-state index in [0.717, 1.165) is 56.0 Å². The van der Waals surface area contributed by atoms with Gasteiger partial charge >= 0.3 is 0 Å². The molecular weight excluding hydrogens is 306 g/mol. The molecule has 1 N–H and O–H groups in total. The number of nitrogens with zero attached hydrogens (tertiary/aromatic N) is 2. The summed E-state index contributed by atoms with van der Waals surface area (Å²) < 4.78 is 6.25. The van der Waals surface area contributed by atoms with E-state index < -0.39 is 0 Å². The molecule has 0 aromatic heterocycles. The Hall–Kier alpha value is -1.09. The Morgan fingerprint density at radius 3 is 2.84 bits per heavy atom. The third-order valence-electron chi connectivity index (χ3n) is 3.11. The molecule has 0 amide bonds. The molecule has 19 heavy (non-hydrogen) atoms. The smallest absolute Gasteiger partial charge is 0.0992 e. The molecule has 1 aromatic carbocycles. The molecule has 0 unspecified atom stereocenters. The summed E-state index contributed by atoms with van der Waals surface area (Å²) in [7, 11) is 0. The highest BCUT2D eigenvalue weighted by Crippen LogP contribution is 2.19. The van der Waals surface area contributed by atoms with E-state index in [1.807, 2.05) is 18.2 Å². The van der Waals surface area contributed by atoms with Gasteiger partial charge in [-0.15, -0.1) is 0 Å². The van der Waals surface area contributed by atoms with Crippen LogP contribution in [-0.2, 0) is 4.74 Å². The molecular formula is C14H18BrN3O. The van der Waals surface area contributed by atoms with E-state index in [0.29, 0.717) is 5.56 Å². The molecule has 0 radical (unpaired) electrons. The second-order valence-electron chi connectivity index (χ2n) is 4.57. The van der Waals surface area contributed by atoms with Gasteiger partial charge in [0, 0.05) is 29.8 Å². The number of anilines is 1. The normalized spacial score (nSPS) is 16.0. The molecule has 0 bridgehead atoms. The van der Waals surface area contributed by atoms with Gasteiger partial charge in [-0.05, 0) is 31.2 Å². The van der Waals surface area contributed by atoms with Crippen LogP contribution in [0.15, 0.2) is 22.7 Å². The SMILES string of the molecule is N#Cc1cc(Br)cc(NCCCN2CCOCC2)c1. The van der Waals surface area contributed by atoms with Crippen LogP contribution in [-0.4, -0.2) is 44.3 Å². The lowest BCUT2D eigenvalue weighted by molar-refractivity contribution is 0.0378. The maximum absolute atomic E-state index is 8.91. The molecule has 1 aliphatic rings. The van der Waals surface area contributed by atoms with E-state index in [1.165, 1.54) is 0 Å². The first-order chi connectivity index (χ1) is 9.28. The number of halogens is 1. The molecule has 5 heteroatoms. The van der Waals surface area contributed by atoms with Crippen LogP contribution in [0.2, 0.25) is 0 Å². The van der Waals surface area contributed by atoms with Crippen LogP contribution < -0.4 is 5.32 Å². The molecule has 1 saturated heterocycles. The first-order valence-electron chi connectivity index (χ1n) is 6.52. The Morgan fingerprint density at radius 2 is 2.11 bits per heavy atom. The largest absolute Gasteiger partial charge is 0.385 e. The van der Waals surface area contributed by atoms with Crippen LogP contribution in [0.5, 0.6) is 0 Å². The van der Waals surface area contributed by atoms with Crippen molar-refractivity contribution in [3.8, 4) is 6.07 Å². The molecule has 0 saturated carbocycles. The molecule has 0 spiro atoms. The Balaban J connectivity index is 1.73. The minimum atomic E-state index is 0.671. The van der Waals surface area contributed by atoms with Gasteiger partial charge in [0.25, 0.3) is 0 Å². The summed E-state index contributed by atoms with van der Waals surface area (Å²) >= 11 is 3.41. The van der Waals surface area contributed by atoms with E-state index in [1.54, 1.807) is 0 Å². The maximum atomic E-state index is 8.91. The number of nitrogens with one attached hydrogen (secondary N) is 1. The van der Waals surface area contributed by atoms with Crippen molar-refractivity contribution in [2.24, 2.45) is 0 Å². The average Bonchev–Trinajstić information content (AvgIpc) is 2.44. The number of hydrogen-bond acceptors (Lipinski definition) is 4. The standard InChI is InChI=1S/C14H18BrN3O/c15-13-8-12(11-16)9-14(10-13)17-2-1-3-18-4-6-19-7-5-18/h8-10,17H,1-7H2. The van der Waals surface area contributed by atoms with Crippen LogP contribution in [0.25, 0.3) is 0 Å². The summed E-state index contributed by atoms with van der Waals surface area (Å²) in [6.45, 7) is 5.79. The molecule has 0 atom stereocenters. The van der Waals surface area contributed by atoms with E-state index in [-0.39, 0.29) is 0 Å². The molecule has 1 heterocycles. The van der Waals surface area contributed by atoms with Crippen LogP contribution in [0.4, 0.5) is 5.69 Å². The van der Waals surface area contributed by atoms with E-state index in [4.69, 9.17) is 10.00 Å². The van der Waals surface area contributed by atoms with E-state index in [2.05, 4.69) is 32.2 Å². The van der Waals surface area contributed by atoms with Gasteiger partial charge in [-0.1, -0.05) is 15.9 Å². The van der Waals surface area contributed by atoms with Crippen LogP contribution in [0, 0.1) is 11.3 Å². The third kappa shape index (κ3) is 4.83. The first-order valence-corrected chi connectivity index (χ1v) is 7.32. The van der Waals surface area contributed by atoms with Gasteiger partial charge in [0.15, 0.2) is 0 Å². The predicted octanol–water partition coefficient (Wildman–Crippen LogP) is 2.45. The number of benzene rings is 1. The van der Waals surface area contributed by atoms with Crippen molar-refractivity contribution < 1.29 is 4.74 Å². The van der Waals surface area contributed by atoms with Gasteiger partial charge in [0.2, 0.25) is 0 Å². The van der Waals surface area contributed by atoms with Gasteiger partial charge in [-0.3, -0.25) is 4.90 Å². The second-order valence-corrected chi connectivity index (χ2v) is 5.49. The molecule has 0 aliphatic carbocycles. The third-order valence-corrected chi connectivity index (χ3v) is 3.57. The van der Waals surface area contributed by atoms with E-state index in [9.17, 15) is 0 Å². The summed E-state index contributed by atoms with van der Waals surface area (Å²) in [6.07, 6.45) is 1.09. The second kappa shape index (κ2) is 7.49. The highest BCUT2D eigenvalue weighted by atomic mass is 79.9. The molecule has 1 aromatic rings. The zero-order valence-electron chi connectivity index (χ0n) is 10.9. The number of ether oxygens (including phenoxy) is 1. The summed E-state index contributed by atoms with van der Waals surface area (Å²) in [5.41, 5.74) is 1.66. The first kappa shape index (κ1) is 14.3. The van der Waals surface area contributed by atoms with Gasteiger partial charge in [0.05, 0.1) is 24.8 Å². The van der Waals surface area contributed by atoms with Gasteiger partial charge in [-0.2, -0.15) is 5.26 Å². The maximum Gasteiger partial charge on any atom is 0.0992 e. The van der Waals surface area contributed by atoms with E-state index >= 15 is 0 Å². The quantitative estimate of drug-likeness (QED) is 0.845. The van der Waals surface area contributed by atoms with Crippen molar-refractivity contribution in [3.05, 3.63) is 28.2 Å². The van der Waals surface area contributed by atoms with Crippen LogP contribution in [0.3, 0.4) is 0 Å². The van der Waals surface area contributed by atoms with Crippen LogP contribution in [0.1, 0.15) is 12.0 Å². The van der Waals surface area contributed by atoms with Crippen molar-refractivity contribution in [3.63, 3.8) is 0 Å². The Labute approximate surface area is 122 Å². The average molecular weight is 324 g/mol. The summed E-state index contributed by atoms with van der Waals surface area (Å²) in [5, 5.41) is 12.3. The number of rotatable bonds is 5. The predicted molar refractivity (Wildman–Crippen MR) is 79.2 cm³/mol. The van der Waals surface area contributed by atoms with Gasteiger partial charge in [-0.25, -0.2) is 0 Å². The fourth-order valence-corrected chi connectivity index (χ4v) is 2.61. The Bertz CT molecular complexity index is 452. The van der Waals surface area contributed by atoms with Crippen molar-refractivity contribution in [2.45, 2.75) is 6.42 Å². The number of morpholine rings is 1. The lowest BCUT2D eigenvalue weighted by Crippen LogP contribution is -2.37. The fraction of sp³-hybridized carbons (Fsp3) is 0.500. The topological polar surface area (TPSA) is 48.3 Å². The molecule has 4 nitrogen and oxygen atoms in total. The number of nitriles is 1. The zero-order chi connectivity index (χ0) is 13.5. The lowest BCUT2D eigenvalue weighted by Gasteiger charge is -2.26. The van der Waals surface area contributed by atoms with Crippen molar-refractivity contribution in [2.75, 3.05) is 44.7 Å². The highest BCUT2D eigenvalue weighted by Gasteiger charge is 2.09.